The highest BCUT2D eigenvalue weighted by Crippen LogP contribution is 2.56. The predicted octanol–water partition coefficient (Wildman–Crippen LogP) is 2.72. The van der Waals surface area contributed by atoms with Crippen molar-refractivity contribution in [3.8, 4) is 0 Å². The molecule has 20 heavy (non-hydrogen) atoms. The molecule has 1 atom stereocenters. The molecule has 2 N–H and O–H groups in total. The van der Waals surface area contributed by atoms with Gasteiger partial charge in [0.1, 0.15) is 0 Å². The van der Waals surface area contributed by atoms with E-state index in [-0.39, 0.29) is 17.7 Å². The topological polar surface area (TPSA) is 66.4 Å². The lowest BCUT2D eigenvalue weighted by Crippen LogP contribution is -2.37. The molecule has 3 aliphatic carbocycles. The van der Waals surface area contributed by atoms with Crippen LogP contribution in [0.4, 0.5) is 0 Å². The van der Waals surface area contributed by atoms with Crippen molar-refractivity contribution in [3.63, 3.8) is 0 Å². The van der Waals surface area contributed by atoms with Crippen LogP contribution in [0.1, 0.15) is 64.2 Å². The van der Waals surface area contributed by atoms with Gasteiger partial charge in [-0.05, 0) is 50.4 Å². The number of hydrogen-bond acceptors (Lipinski definition) is 2. The molecule has 1 amide bonds. The summed E-state index contributed by atoms with van der Waals surface area (Å²) >= 11 is 0. The summed E-state index contributed by atoms with van der Waals surface area (Å²) in [7, 11) is 0. The molecule has 4 nitrogen and oxygen atoms in total. The van der Waals surface area contributed by atoms with Gasteiger partial charge in [-0.15, -0.1) is 0 Å². The highest BCUT2D eigenvalue weighted by Gasteiger charge is 2.54. The van der Waals surface area contributed by atoms with Gasteiger partial charge in [0.05, 0.1) is 5.92 Å². The second kappa shape index (κ2) is 5.38. The minimum absolute atomic E-state index is 0.0480. The van der Waals surface area contributed by atoms with Crippen LogP contribution >= 0.6 is 0 Å². The van der Waals surface area contributed by atoms with Crippen molar-refractivity contribution < 1.29 is 14.7 Å². The number of rotatable bonds is 3. The summed E-state index contributed by atoms with van der Waals surface area (Å²) in [6.45, 7) is 0. The van der Waals surface area contributed by atoms with Crippen LogP contribution in [-0.4, -0.2) is 23.0 Å². The highest BCUT2D eigenvalue weighted by atomic mass is 16.4. The molecule has 0 aromatic heterocycles. The fourth-order valence-electron chi connectivity index (χ4n) is 4.25. The van der Waals surface area contributed by atoms with Crippen LogP contribution in [0.2, 0.25) is 0 Å². The minimum atomic E-state index is -0.702. The fraction of sp³-hybridized carbons (Fsp3) is 0.875. The van der Waals surface area contributed by atoms with E-state index in [1.165, 1.54) is 38.5 Å². The van der Waals surface area contributed by atoms with E-state index in [2.05, 4.69) is 5.32 Å². The zero-order valence-corrected chi connectivity index (χ0v) is 12.1. The Morgan fingerprint density at radius 3 is 2.15 bits per heavy atom. The molecule has 3 saturated carbocycles. The lowest BCUT2D eigenvalue weighted by molar-refractivity contribution is -0.144. The maximum atomic E-state index is 12.3. The van der Waals surface area contributed by atoms with Crippen LogP contribution in [0.15, 0.2) is 0 Å². The second-order valence-corrected chi connectivity index (χ2v) is 7.08. The summed E-state index contributed by atoms with van der Waals surface area (Å²) in [5.74, 6) is -0.704. The fourth-order valence-corrected chi connectivity index (χ4v) is 4.25. The molecule has 0 bridgehead atoms. The molecule has 4 heteroatoms. The maximum absolute atomic E-state index is 12.3. The predicted molar refractivity (Wildman–Crippen MR) is 75.1 cm³/mol. The smallest absolute Gasteiger partial charge is 0.306 e. The molecule has 0 saturated heterocycles. The van der Waals surface area contributed by atoms with Gasteiger partial charge in [0.25, 0.3) is 0 Å². The molecule has 0 heterocycles. The Hall–Kier alpha value is -1.06. The third kappa shape index (κ3) is 2.70. The van der Waals surface area contributed by atoms with Crippen molar-refractivity contribution in [1.29, 1.82) is 0 Å². The van der Waals surface area contributed by atoms with Gasteiger partial charge in [0.15, 0.2) is 0 Å². The SMILES string of the molecule is O=C(O)C1CCC(C(=O)NC2CC23CCCCC3)CC1. The Morgan fingerprint density at radius 2 is 1.55 bits per heavy atom. The standard InChI is InChI=1S/C16H25NO3/c18-14(11-4-6-12(7-5-11)15(19)20)17-13-10-16(13)8-2-1-3-9-16/h11-13H,1-10H2,(H,17,18)(H,19,20). The van der Waals surface area contributed by atoms with Gasteiger partial charge < -0.3 is 10.4 Å². The quantitative estimate of drug-likeness (QED) is 0.834. The minimum Gasteiger partial charge on any atom is -0.481 e. The zero-order valence-electron chi connectivity index (χ0n) is 12.1. The largest absolute Gasteiger partial charge is 0.481 e. The van der Waals surface area contributed by atoms with Gasteiger partial charge in [0.2, 0.25) is 5.91 Å². The summed E-state index contributed by atoms with van der Waals surface area (Å²) in [5.41, 5.74) is 0.437. The lowest BCUT2D eigenvalue weighted by Gasteiger charge is -2.27. The van der Waals surface area contributed by atoms with E-state index in [1.807, 2.05) is 0 Å². The van der Waals surface area contributed by atoms with Gasteiger partial charge in [-0.3, -0.25) is 9.59 Å². The summed E-state index contributed by atoms with van der Waals surface area (Å²) in [6.07, 6.45) is 10.5. The second-order valence-electron chi connectivity index (χ2n) is 7.08. The number of carboxylic acids is 1. The first-order valence-electron chi connectivity index (χ1n) is 8.14. The van der Waals surface area contributed by atoms with E-state index in [9.17, 15) is 9.59 Å². The molecule has 1 spiro atoms. The van der Waals surface area contributed by atoms with Crippen molar-refractivity contribution in [2.45, 2.75) is 70.3 Å². The van der Waals surface area contributed by atoms with Crippen molar-refractivity contribution in [3.05, 3.63) is 0 Å². The molecule has 3 aliphatic rings. The van der Waals surface area contributed by atoms with E-state index >= 15 is 0 Å². The van der Waals surface area contributed by atoms with E-state index in [0.29, 0.717) is 24.3 Å². The van der Waals surface area contributed by atoms with Crippen LogP contribution in [0.3, 0.4) is 0 Å². The van der Waals surface area contributed by atoms with E-state index in [4.69, 9.17) is 5.11 Å². The number of carbonyl (C=O) groups excluding carboxylic acids is 1. The Labute approximate surface area is 120 Å². The Balaban J connectivity index is 1.45. The molecule has 0 aromatic rings. The first-order chi connectivity index (χ1) is 9.61. The zero-order chi connectivity index (χ0) is 14.2. The summed E-state index contributed by atoms with van der Waals surface area (Å²) in [6, 6.07) is 0.410. The van der Waals surface area contributed by atoms with Gasteiger partial charge >= 0.3 is 5.97 Å². The number of carbonyl (C=O) groups is 2. The average Bonchev–Trinajstić information content (AvgIpc) is 3.11. The monoisotopic (exact) mass is 279 g/mol. The highest BCUT2D eigenvalue weighted by molar-refractivity contribution is 5.80. The van der Waals surface area contributed by atoms with Crippen LogP contribution in [0, 0.1) is 17.3 Å². The van der Waals surface area contributed by atoms with Gasteiger partial charge in [-0.25, -0.2) is 0 Å². The van der Waals surface area contributed by atoms with Crippen LogP contribution in [0.5, 0.6) is 0 Å². The van der Waals surface area contributed by atoms with E-state index in [0.717, 1.165) is 12.8 Å². The van der Waals surface area contributed by atoms with E-state index in [1.54, 1.807) is 0 Å². The van der Waals surface area contributed by atoms with Gasteiger partial charge in [0, 0.05) is 12.0 Å². The molecule has 3 fully saturated rings. The van der Waals surface area contributed by atoms with Crippen molar-refractivity contribution >= 4 is 11.9 Å². The third-order valence-electron chi connectivity index (χ3n) is 5.80. The Morgan fingerprint density at radius 1 is 0.950 bits per heavy atom. The lowest BCUT2D eigenvalue weighted by atomic mass is 9.81. The Bertz CT molecular complexity index is 393. The van der Waals surface area contributed by atoms with Crippen molar-refractivity contribution in [1.82, 2.24) is 5.32 Å². The average molecular weight is 279 g/mol. The maximum Gasteiger partial charge on any atom is 0.306 e. The van der Waals surface area contributed by atoms with Crippen molar-refractivity contribution in [2.24, 2.45) is 17.3 Å². The molecular formula is C16H25NO3. The molecule has 0 radical (unpaired) electrons. The number of aliphatic carboxylic acids is 1. The number of nitrogens with one attached hydrogen (secondary N) is 1. The first-order valence-corrected chi connectivity index (χ1v) is 8.14. The summed E-state index contributed by atoms with van der Waals surface area (Å²) in [4.78, 5) is 23.2. The number of amides is 1. The summed E-state index contributed by atoms with van der Waals surface area (Å²) in [5, 5.41) is 12.2. The molecule has 3 rings (SSSR count). The van der Waals surface area contributed by atoms with Gasteiger partial charge in [-0.2, -0.15) is 0 Å². The van der Waals surface area contributed by atoms with Crippen LogP contribution in [0.25, 0.3) is 0 Å². The number of carboxylic acid groups (broad SMARTS) is 1. The summed E-state index contributed by atoms with van der Waals surface area (Å²) < 4.78 is 0. The van der Waals surface area contributed by atoms with Crippen LogP contribution < -0.4 is 5.32 Å². The first kappa shape index (κ1) is 13.9. The van der Waals surface area contributed by atoms with E-state index < -0.39 is 5.97 Å². The van der Waals surface area contributed by atoms with Crippen molar-refractivity contribution in [2.75, 3.05) is 0 Å². The molecule has 0 aromatic carbocycles. The molecule has 112 valence electrons. The number of hydrogen-bond donors (Lipinski definition) is 2. The van der Waals surface area contributed by atoms with Gasteiger partial charge in [-0.1, -0.05) is 19.3 Å². The van der Waals surface area contributed by atoms with Crippen LogP contribution in [-0.2, 0) is 9.59 Å². The Kier molecular flexibility index (Phi) is 3.74. The molecule has 0 aliphatic heterocycles. The normalized spacial score (nSPS) is 35.5. The molecule has 1 unspecified atom stereocenters. The third-order valence-corrected chi connectivity index (χ3v) is 5.80. The molecular weight excluding hydrogens is 254 g/mol.